The monoisotopic (exact) mass is 350 g/mol. The molecule has 0 saturated carbocycles. The number of nitrogens with zero attached hydrogens (tertiary/aromatic N) is 3. The van der Waals surface area contributed by atoms with Crippen LogP contribution in [0.1, 0.15) is 5.56 Å². The van der Waals surface area contributed by atoms with E-state index in [1.807, 2.05) is 0 Å². The second-order valence-corrected chi connectivity index (χ2v) is 5.28. The molecule has 0 saturated heterocycles. The van der Waals surface area contributed by atoms with Crippen molar-refractivity contribution in [2.45, 2.75) is 6.18 Å². The highest BCUT2D eigenvalue weighted by Gasteiger charge is 2.30. The number of aromatic nitrogens is 2. The largest absolute Gasteiger partial charge is 0.416 e. The Hall–Kier alpha value is -2.67. The Morgan fingerprint density at radius 2 is 1.88 bits per heavy atom. The fourth-order valence-corrected chi connectivity index (χ4v) is 2.39. The SMILES string of the molecule is C=Nc1ccc(Cl)c2nc(Nc3cc(C(F)(F)F)ccn3)ccc12. The molecule has 0 aliphatic rings. The molecule has 2 heterocycles. The number of hydrogen-bond donors (Lipinski definition) is 1. The fraction of sp³-hybridized carbons (Fsp3) is 0.0625. The highest BCUT2D eigenvalue weighted by atomic mass is 35.5. The van der Waals surface area contributed by atoms with E-state index in [9.17, 15) is 13.2 Å². The van der Waals surface area contributed by atoms with Crippen molar-refractivity contribution in [3.63, 3.8) is 0 Å². The maximum absolute atomic E-state index is 12.7. The number of pyridine rings is 2. The molecule has 0 aliphatic carbocycles. The van der Waals surface area contributed by atoms with Gasteiger partial charge in [-0.2, -0.15) is 13.2 Å². The smallest absolute Gasteiger partial charge is 0.325 e. The fourth-order valence-electron chi connectivity index (χ4n) is 2.18. The topological polar surface area (TPSA) is 50.2 Å². The zero-order valence-electron chi connectivity index (χ0n) is 12.1. The number of anilines is 2. The van der Waals surface area contributed by atoms with Crippen LogP contribution in [0.5, 0.6) is 0 Å². The summed E-state index contributed by atoms with van der Waals surface area (Å²) in [6.45, 7) is 3.48. The number of nitrogens with one attached hydrogen (secondary N) is 1. The second-order valence-electron chi connectivity index (χ2n) is 4.87. The minimum absolute atomic E-state index is 0.0331. The third-order valence-electron chi connectivity index (χ3n) is 3.30. The first-order valence-corrected chi connectivity index (χ1v) is 7.12. The Balaban J connectivity index is 1.99. The predicted molar refractivity (Wildman–Crippen MR) is 88.5 cm³/mol. The average Bonchev–Trinajstić information content (AvgIpc) is 2.55. The van der Waals surface area contributed by atoms with Gasteiger partial charge in [0.25, 0.3) is 0 Å². The number of aliphatic imine (C=N–C) groups is 1. The van der Waals surface area contributed by atoms with Crippen molar-refractivity contribution in [3.8, 4) is 0 Å². The van der Waals surface area contributed by atoms with Gasteiger partial charge in [-0.1, -0.05) is 11.6 Å². The van der Waals surface area contributed by atoms with Gasteiger partial charge in [-0.05, 0) is 43.1 Å². The summed E-state index contributed by atoms with van der Waals surface area (Å²) in [7, 11) is 0. The van der Waals surface area contributed by atoms with Crippen LogP contribution >= 0.6 is 11.6 Å². The lowest BCUT2D eigenvalue weighted by molar-refractivity contribution is -0.137. The Labute approximate surface area is 140 Å². The van der Waals surface area contributed by atoms with Crippen LogP contribution in [0, 0.1) is 0 Å². The maximum atomic E-state index is 12.7. The molecule has 3 aromatic rings. The van der Waals surface area contributed by atoms with Crippen LogP contribution in [-0.4, -0.2) is 16.7 Å². The van der Waals surface area contributed by atoms with Gasteiger partial charge in [-0.15, -0.1) is 0 Å². The Morgan fingerprint density at radius 3 is 2.58 bits per heavy atom. The molecule has 0 bridgehead atoms. The Kier molecular flexibility index (Phi) is 4.11. The van der Waals surface area contributed by atoms with E-state index < -0.39 is 11.7 Å². The van der Waals surface area contributed by atoms with E-state index in [0.717, 1.165) is 18.3 Å². The van der Waals surface area contributed by atoms with Gasteiger partial charge >= 0.3 is 6.18 Å². The lowest BCUT2D eigenvalue weighted by atomic mass is 10.2. The standard InChI is InChI=1S/C16H10ClF3N4/c1-21-12-4-3-11(17)15-10(12)2-5-13(24-15)23-14-8-9(6-7-22-14)16(18,19)20/h2-8H,1H2,(H,22,23,24). The van der Waals surface area contributed by atoms with E-state index in [-0.39, 0.29) is 5.82 Å². The first kappa shape index (κ1) is 16.2. The van der Waals surface area contributed by atoms with Crippen LogP contribution in [0.2, 0.25) is 5.02 Å². The number of rotatable bonds is 3. The quantitative estimate of drug-likeness (QED) is 0.645. The predicted octanol–water partition coefficient (Wildman–Crippen LogP) is 5.38. The summed E-state index contributed by atoms with van der Waals surface area (Å²) < 4.78 is 38.2. The maximum Gasteiger partial charge on any atom is 0.416 e. The molecule has 4 nitrogen and oxygen atoms in total. The van der Waals surface area contributed by atoms with Gasteiger partial charge in [0.05, 0.1) is 21.8 Å². The first-order chi connectivity index (χ1) is 11.4. The van der Waals surface area contributed by atoms with E-state index in [1.165, 1.54) is 0 Å². The number of alkyl halides is 3. The Bertz CT molecular complexity index is 925. The first-order valence-electron chi connectivity index (χ1n) is 6.75. The highest BCUT2D eigenvalue weighted by Crippen LogP contribution is 2.33. The Morgan fingerprint density at radius 1 is 1.08 bits per heavy atom. The molecule has 0 amide bonds. The molecule has 0 unspecified atom stereocenters. The van der Waals surface area contributed by atoms with E-state index in [0.29, 0.717) is 27.4 Å². The molecule has 2 aromatic heterocycles. The average molecular weight is 351 g/mol. The minimum atomic E-state index is -4.44. The molecule has 0 fully saturated rings. The molecule has 0 atom stereocenters. The normalized spacial score (nSPS) is 11.5. The van der Waals surface area contributed by atoms with Crippen LogP contribution in [0.25, 0.3) is 10.9 Å². The van der Waals surface area contributed by atoms with Crippen molar-refractivity contribution < 1.29 is 13.2 Å². The van der Waals surface area contributed by atoms with E-state index in [2.05, 4.69) is 27.0 Å². The summed E-state index contributed by atoms with van der Waals surface area (Å²) >= 11 is 6.13. The van der Waals surface area contributed by atoms with Crippen molar-refractivity contribution in [3.05, 3.63) is 53.2 Å². The third-order valence-corrected chi connectivity index (χ3v) is 3.60. The molecule has 0 aliphatic heterocycles. The van der Waals surface area contributed by atoms with Gasteiger partial charge in [0, 0.05) is 11.6 Å². The summed E-state index contributed by atoms with van der Waals surface area (Å²) in [6, 6.07) is 8.48. The van der Waals surface area contributed by atoms with Gasteiger partial charge in [-0.3, -0.25) is 4.99 Å². The number of benzene rings is 1. The molecule has 1 aromatic carbocycles. The van der Waals surface area contributed by atoms with Crippen LogP contribution < -0.4 is 5.32 Å². The van der Waals surface area contributed by atoms with Crippen molar-refractivity contribution in [1.82, 2.24) is 9.97 Å². The number of halogens is 4. The van der Waals surface area contributed by atoms with E-state index >= 15 is 0 Å². The lowest BCUT2D eigenvalue weighted by Gasteiger charge is -2.10. The molecule has 24 heavy (non-hydrogen) atoms. The molecule has 0 radical (unpaired) electrons. The zero-order valence-corrected chi connectivity index (χ0v) is 12.9. The van der Waals surface area contributed by atoms with Gasteiger partial charge in [0.2, 0.25) is 0 Å². The van der Waals surface area contributed by atoms with E-state index in [1.54, 1.807) is 24.3 Å². The van der Waals surface area contributed by atoms with E-state index in [4.69, 9.17) is 11.6 Å². The summed E-state index contributed by atoms with van der Waals surface area (Å²) in [5.41, 5.74) is 0.293. The summed E-state index contributed by atoms with van der Waals surface area (Å²) in [4.78, 5) is 12.1. The summed E-state index contributed by atoms with van der Waals surface area (Å²) in [5, 5.41) is 3.84. The lowest BCUT2D eigenvalue weighted by Crippen LogP contribution is -2.06. The molecule has 122 valence electrons. The van der Waals surface area contributed by atoms with Gasteiger partial charge < -0.3 is 5.32 Å². The molecular weight excluding hydrogens is 341 g/mol. The minimum Gasteiger partial charge on any atom is -0.325 e. The molecule has 3 rings (SSSR count). The van der Waals surface area contributed by atoms with Gasteiger partial charge in [0.1, 0.15) is 11.6 Å². The zero-order chi connectivity index (χ0) is 17.3. The number of hydrogen-bond acceptors (Lipinski definition) is 4. The van der Waals surface area contributed by atoms with Gasteiger partial charge in [0.15, 0.2) is 0 Å². The summed E-state index contributed by atoms with van der Waals surface area (Å²) in [6.07, 6.45) is -3.36. The van der Waals surface area contributed by atoms with Crippen molar-refractivity contribution in [2.24, 2.45) is 4.99 Å². The van der Waals surface area contributed by atoms with Crippen LogP contribution in [-0.2, 0) is 6.18 Å². The molecule has 1 N–H and O–H groups in total. The third kappa shape index (κ3) is 3.16. The van der Waals surface area contributed by atoms with Crippen molar-refractivity contribution in [1.29, 1.82) is 0 Å². The van der Waals surface area contributed by atoms with Gasteiger partial charge in [-0.25, -0.2) is 9.97 Å². The summed E-state index contributed by atoms with van der Waals surface area (Å²) in [5.74, 6) is 0.350. The van der Waals surface area contributed by atoms with Crippen molar-refractivity contribution in [2.75, 3.05) is 5.32 Å². The molecule has 0 spiro atoms. The van der Waals surface area contributed by atoms with Crippen LogP contribution in [0.3, 0.4) is 0 Å². The van der Waals surface area contributed by atoms with Crippen LogP contribution in [0.4, 0.5) is 30.5 Å². The second kappa shape index (κ2) is 6.09. The molecular formula is C16H10ClF3N4. The van der Waals surface area contributed by atoms with Crippen LogP contribution in [0.15, 0.2) is 47.6 Å². The number of fused-ring (bicyclic) bond motifs is 1. The van der Waals surface area contributed by atoms with Crippen molar-refractivity contribution >= 4 is 46.5 Å². The highest BCUT2D eigenvalue weighted by molar-refractivity contribution is 6.35. The molecule has 8 heteroatoms.